The van der Waals surface area contributed by atoms with Crippen molar-refractivity contribution < 1.29 is 9.50 Å². The summed E-state index contributed by atoms with van der Waals surface area (Å²) in [6, 6.07) is 16.9. The highest BCUT2D eigenvalue weighted by molar-refractivity contribution is 7.17. The normalized spacial score (nSPS) is 16.6. The molecule has 6 nitrogen and oxygen atoms in total. The van der Waals surface area contributed by atoms with Gasteiger partial charge >= 0.3 is 0 Å². The first kappa shape index (κ1) is 21.1. The molecular weight excluding hydrogens is 425 g/mol. The van der Waals surface area contributed by atoms with Crippen molar-refractivity contribution >= 4 is 16.3 Å². The van der Waals surface area contributed by atoms with Crippen molar-refractivity contribution in [2.75, 3.05) is 26.2 Å². The maximum Gasteiger partial charge on any atom is 0.230 e. The van der Waals surface area contributed by atoms with Gasteiger partial charge in [0.2, 0.25) is 10.8 Å². The Morgan fingerprint density at radius 3 is 2.44 bits per heavy atom. The molecule has 0 aliphatic carbocycles. The third kappa shape index (κ3) is 4.01. The number of piperazine rings is 1. The molecule has 1 saturated heterocycles. The fourth-order valence-corrected chi connectivity index (χ4v) is 5.47. The fraction of sp³-hybridized carbons (Fsp3) is 0.333. The van der Waals surface area contributed by atoms with E-state index >= 15 is 0 Å². The number of thiazole rings is 1. The van der Waals surface area contributed by atoms with E-state index in [0.29, 0.717) is 27.6 Å². The van der Waals surface area contributed by atoms with Gasteiger partial charge in [-0.15, -0.1) is 5.10 Å². The summed E-state index contributed by atoms with van der Waals surface area (Å²) in [5, 5.41) is 15.4. The summed E-state index contributed by atoms with van der Waals surface area (Å²) in [7, 11) is 0. The van der Waals surface area contributed by atoms with Crippen molar-refractivity contribution in [2.24, 2.45) is 0 Å². The van der Waals surface area contributed by atoms with Gasteiger partial charge in [0.15, 0.2) is 5.82 Å². The van der Waals surface area contributed by atoms with E-state index in [9.17, 15) is 9.50 Å². The molecule has 3 heterocycles. The molecule has 1 aliphatic rings. The van der Waals surface area contributed by atoms with Crippen molar-refractivity contribution in [1.29, 1.82) is 0 Å². The molecule has 0 bridgehead atoms. The van der Waals surface area contributed by atoms with E-state index in [4.69, 9.17) is 0 Å². The van der Waals surface area contributed by atoms with E-state index in [1.165, 1.54) is 27.5 Å². The second kappa shape index (κ2) is 8.97. The highest BCUT2D eigenvalue weighted by Gasteiger charge is 2.33. The molecule has 2 aromatic heterocycles. The summed E-state index contributed by atoms with van der Waals surface area (Å²) in [6.45, 7) is 6.19. The van der Waals surface area contributed by atoms with Gasteiger partial charge in [-0.05, 0) is 11.6 Å². The highest BCUT2D eigenvalue weighted by atomic mass is 32.1. The third-order valence-electron chi connectivity index (χ3n) is 6.03. The molecule has 0 spiro atoms. The second-order valence-electron chi connectivity index (χ2n) is 8.09. The van der Waals surface area contributed by atoms with Crippen LogP contribution >= 0.6 is 11.3 Å². The standard InChI is InChI=1S/C24H26FN5OS/c1-2-20-26-24-30(27-20)23(31)22(32-24)21(18-10-6-7-11-19(18)25)29-14-12-28(13-15-29)16-17-8-4-3-5-9-17/h3-11,21,31H,2,12-16H2,1H3/t21-/m1/s1. The van der Waals surface area contributed by atoms with Gasteiger partial charge in [-0.25, -0.2) is 9.37 Å². The number of aryl methyl sites for hydroxylation is 1. The van der Waals surface area contributed by atoms with Crippen molar-refractivity contribution in [2.45, 2.75) is 25.9 Å². The highest BCUT2D eigenvalue weighted by Crippen LogP contribution is 2.41. The molecular formula is C24H26FN5OS. The largest absolute Gasteiger partial charge is 0.492 e. The molecule has 1 atom stereocenters. The number of halogens is 1. The number of hydrogen-bond acceptors (Lipinski definition) is 6. The first-order chi connectivity index (χ1) is 15.6. The van der Waals surface area contributed by atoms with Gasteiger partial charge in [-0.1, -0.05) is 66.8 Å². The Hall–Kier alpha value is -2.81. The molecule has 1 fully saturated rings. The van der Waals surface area contributed by atoms with E-state index in [-0.39, 0.29) is 17.7 Å². The van der Waals surface area contributed by atoms with Gasteiger partial charge in [0.1, 0.15) is 5.82 Å². The summed E-state index contributed by atoms with van der Waals surface area (Å²) in [5.74, 6) is 0.476. The van der Waals surface area contributed by atoms with Crippen LogP contribution in [0.3, 0.4) is 0 Å². The molecule has 8 heteroatoms. The predicted octanol–water partition coefficient (Wildman–Crippen LogP) is 4.11. The predicted molar refractivity (Wildman–Crippen MR) is 123 cm³/mol. The van der Waals surface area contributed by atoms with Crippen LogP contribution in [0.25, 0.3) is 4.96 Å². The van der Waals surface area contributed by atoms with Gasteiger partial charge in [-0.2, -0.15) is 4.52 Å². The Morgan fingerprint density at radius 2 is 1.75 bits per heavy atom. The third-order valence-corrected chi connectivity index (χ3v) is 7.10. The zero-order valence-electron chi connectivity index (χ0n) is 18.0. The quantitative estimate of drug-likeness (QED) is 0.478. The summed E-state index contributed by atoms with van der Waals surface area (Å²) < 4.78 is 16.4. The Balaban J connectivity index is 1.44. The number of benzene rings is 2. The fourth-order valence-electron chi connectivity index (χ4n) is 4.34. The molecule has 1 N–H and O–H groups in total. The maximum atomic E-state index is 14.9. The molecule has 0 radical (unpaired) electrons. The number of aromatic hydroxyl groups is 1. The van der Waals surface area contributed by atoms with Crippen LogP contribution in [-0.2, 0) is 13.0 Å². The van der Waals surface area contributed by atoms with Crippen LogP contribution in [-0.4, -0.2) is 55.7 Å². The zero-order valence-corrected chi connectivity index (χ0v) is 18.8. The molecule has 32 heavy (non-hydrogen) atoms. The average Bonchev–Trinajstić information content (AvgIpc) is 3.36. The molecule has 0 saturated carbocycles. The molecule has 0 amide bonds. The van der Waals surface area contributed by atoms with E-state index in [0.717, 1.165) is 32.7 Å². The number of aromatic nitrogens is 3. The lowest BCUT2D eigenvalue weighted by Gasteiger charge is -2.39. The number of nitrogens with zero attached hydrogens (tertiary/aromatic N) is 5. The SMILES string of the molecule is CCc1nc2sc([C@@H](c3ccccc3F)N3CCN(Cc4ccccc4)CC3)c(O)n2n1. The lowest BCUT2D eigenvalue weighted by atomic mass is 10.0. The molecule has 2 aromatic carbocycles. The molecule has 1 aliphatic heterocycles. The number of rotatable bonds is 6. The minimum atomic E-state index is -0.381. The summed E-state index contributed by atoms with van der Waals surface area (Å²) in [6.07, 6.45) is 0.698. The van der Waals surface area contributed by atoms with Gasteiger partial charge in [0, 0.05) is 44.7 Å². The van der Waals surface area contributed by atoms with Gasteiger partial charge < -0.3 is 5.11 Å². The maximum absolute atomic E-state index is 14.9. The van der Waals surface area contributed by atoms with Crippen LogP contribution < -0.4 is 0 Å². The zero-order chi connectivity index (χ0) is 22.1. The van der Waals surface area contributed by atoms with E-state index in [1.54, 1.807) is 6.07 Å². The van der Waals surface area contributed by atoms with Crippen LogP contribution in [0, 0.1) is 5.82 Å². The van der Waals surface area contributed by atoms with Crippen LogP contribution in [0.4, 0.5) is 4.39 Å². The summed E-state index contributed by atoms with van der Waals surface area (Å²) in [4.78, 5) is 10.5. The van der Waals surface area contributed by atoms with Crippen LogP contribution in [0.5, 0.6) is 5.88 Å². The average molecular weight is 452 g/mol. The lowest BCUT2D eigenvalue weighted by Crippen LogP contribution is -2.47. The summed E-state index contributed by atoms with van der Waals surface area (Å²) >= 11 is 1.39. The lowest BCUT2D eigenvalue weighted by molar-refractivity contribution is 0.103. The van der Waals surface area contributed by atoms with Crippen molar-refractivity contribution in [3.8, 4) is 5.88 Å². The monoisotopic (exact) mass is 451 g/mol. The Labute approximate surface area is 190 Å². The minimum Gasteiger partial charge on any atom is -0.492 e. The molecule has 5 rings (SSSR count). The van der Waals surface area contributed by atoms with Gasteiger partial charge in [-0.3, -0.25) is 9.80 Å². The van der Waals surface area contributed by atoms with E-state index in [1.807, 2.05) is 25.1 Å². The molecule has 0 unspecified atom stereocenters. The van der Waals surface area contributed by atoms with E-state index in [2.05, 4.69) is 44.1 Å². The smallest absolute Gasteiger partial charge is 0.230 e. The van der Waals surface area contributed by atoms with Crippen LogP contribution in [0.1, 0.15) is 34.8 Å². The first-order valence-electron chi connectivity index (χ1n) is 11.0. The Morgan fingerprint density at radius 1 is 1.03 bits per heavy atom. The second-order valence-corrected chi connectivity index (χ2v) is 9.10. The molecule has 166 valence electrons. The van der Waals surface area contributed by atoms with Crippen molar-refractivity contribution in [3.63, 3.8) is 0 Å². The van der Waals surface area contributed by atoms with E-state index < -0.39 is 0 Å². The Kier molecular flexibility index (Phi) is 5.91. The van der Waals surface area contributed by atoms with Crippen LogP contribution in [0.15, 0.2) is 54.6 Å². The minimum absolute atomic E-state index is 0.0529. The van der Waals surface area contributed by atoms with Gasteiger partial charge in [0.25, 0.3) is 0 Å². The first-order valence-corrected chi connectivity index (χ1v) is 11.8. The topological polar surface area (TPSA) is 56.9 Å². The van der Waals surface area contributed by atoms with Crippen molar-refractivity contribution in [1.82, 2.24) is 24.4 Å². The summed E-state index contributed by atoms with van der Waals surface area (Å²) in [5.41, 5.74) is 1.86. The molecule has 4 aromatic rings. The van der Waals surface area contributed by atoms with Gasteiger partial charge in [0.05, 0.1) is 10.9 Å². The number of fused-ring (bicyclic) bond motifs is 1. The number of hydrogen-bond donors (Lipinski definition) is 1. The van der Waals surface area contributed by atoms with Crippen LogP contribution in [0.2, 0.25) is 0 Å². The Bertz CT molecular complexity index is 1200. The van der Waals surface area contributed by atoms with Crippen molar-refractivity contribution in [3.05, 3.63) is 82.2 Å².